The van der Waals surface area contributed by atoms with E-state index in [0.717, 1.165) is 42.7 Å². The molecule has 1 fully saturated rings. The molecule has 4 aromatic rings. The van der Waals surface area contributed by atoms with Crippen molar-refractivity contribution in [3.63, 3.8) is 0 Å². The second-order valence-corrected chi connectivity index (χ2v) is 15.3. The van der Waals surface area contributed by atoms with Gasteiger partial charge in [-0.15, -0.1) is 15.6 Å². The van der Waals surface area contributed by atoms with Gasteiger partial charge in [0.2, 0.25) is 0 Å². The number of nitrogens with one attached hydrogen (secondary N) is 2. The number of anilines is 1. The van der Waals surface area contributed by atoms with Crippen molar-refractivity contribution in [1.29, 1.82) is 0 Å². The molecule has 50 heavy (non-hydrogen) atoms. The molecule has 1 saturated heterocycles. The number of benzene rings is 4. The van der Waals surface area contributed by atoms with Crippen molar-refractivity contribution >= 4 is 49.3 Å². The van der Waals surface area contributed by atoms with Crippen LogP contribution in [0.3, 0.4) is 0 Å². The minimum absolute atomic E-state index is 0.121. The smallest absolute Gasteiger partial charge is 0.335 e. The van der Waals surface area contributed by atoms with E-state index in [1.807, 2.05) is 35.1 Å². The van der Waals surface area contributed by atoms with E-state index in [1.54, 1.807) is 11.8 Å². The number of nitro groups is 1. The topological polar surface area (TPSA) is 165 Å². The Morgan fingerprint density at radius 3 is 2.28 bits per heavy atom. The number of amides is 1. The lowest BCUT2D eigenvalue weighted by atomic mass is 10.0. The van der Waals surface area contributed by atoms with Crippen LogP contribution in [0.25, 0.3) is 11.1 Å². The first-order chi connectivity index (χ1) is 23.8. The van der Waals surface area contributed by atoms with E-state index in [4.69, 9.17) is 4.74 Å². The number of morpholine rings is 1. The lowest BCUT2D eigenvalue weighted by Crippen LogP contribution is -2.39. The van der Waals surface area contributed by atoms with Crippen LogP contribution in [-0.2, 0) is 25.0 Å². The van der Waals surface area contributed by atoms with Crippen molar-refractivity contribution in [3.8, 4) is 11.1 Å². The Balaban J connectivity index is 1.31. The third kappa shape index (κ3) is 9.63. The fourth-order valence-corrected chi connectivity index (χ4v) is 7.72. The normalized spacial score (nSPS) is 14.5. The predicted molar refractivity (Wildman–Crippen MR) is 184 cm³/mol. The summed E-state index contributed by atoms with van der Waals surface area (Å²) >= 11 is 1.59. The van der Waals surface area contributed by atoms with Gasteiger partial charge >= 0.3 is 10.2 Å². The summed E-state index contributed by atoms with van der Waals surface area (Å²) in [6, 6.07) is 20.8. The number of hydrogen-bond acceptors (Lipinski definition) is 11. The van der Waals surface area contributed by atoms with Gasteiger partial charge < -0.3 is 10.1 Å². The van der Waals surface area contributed by atoms with Crippen molar-refractivity contribution in [2.75, 3.05) is 43.9 Å². The van der Waals surface area contributed by atoms with Crippen LogP contribution in [0.2, 0.25) is 0 Å². The Hall–Kier alpha value is -4.42. The Morgan fingerprint density at radius 1 is 0.940 bits per heavy atom. The highest BCUT2D eigenvalue weighted by Crippen LogP contribution is 2.31. The number of ether oxygens (including phenoxy) is 1. The van der Waals surface area contributed by atoms with Crippen LogP contribution in [0.4, 0.5) is 19.7 Å². The summed E-state index contributed by atoms with van der Waals surface area (Å²) < 4.78 is 83.5. The van der Waals surface area contributed by atoms with Crippen LogP contribution < -0.4 is 10.0 Å². The van der Waals surface area contributed by atoms with Gasteiger partial charge in [-0.05, 0) is 66.1 Å². The predicted octanol–water partition coefficient (Wildman–Crippen LogP) is 5.47. The molecular weight excluding hydrogens is 715 g/mol. The van der Waals surface area contributed by atoms with Gasteiger partial charge in [0.1, 0.15) is 16.4 Å². The lowest BCUT2D eigenvalue weighted by molar-refractivity contribution is -0.384. The molecule has 0 unspecified atom stereocenters. The quantitative estimate of drug-likeness (QED) is 0.0728. The number of thioether (sulfide) groups is 1. The highest BCUT2D eigenvalue weighted by Gasteiger charge is 2.26. The van der Waals surface area contributed by atoms with Crippen LogP contribution in [0, 0.1) is 15.9 Å². The zero-order chi connectivity index (χ0) is 35.9. The molecule has 1 aliphatic heterocycles. The van der Waals surface area contributed by atoms with Gasteiger partial charge in [-0.25, -0.2) is 17.5 Å². The molecule has 0 spiro atoms. The molecule has 1 atom stereocenters. The number of sulfonamides is 1. The summed E-state index contributed by atoms with van der Waals surface area (Å²) in [5.74, 6) is -1.74. The SMILES string of the molecule is O=C(NS(=O)(=O)c1ccc(N[C@H](CCN2CCOCC2)CSc2ccccc2)c([N+](=O)[O-])c1)c1ccc(-c2ccc(F)c(S(=O)(=O)F)c2)cc1. The number of halogens is 2. The van der Waals surface area contributed by atoms with Gasteiger partial charge in [0, 0.05) is 48.0 Å². The molecule has 4 aromatic carbocycles. The first-order valence-corrected chi connectivity index (χ1v) is 19.1. The van der Waals surface area contributed by atoms with E-state index >= 15 is 0 Å². The number of nitrogens with zero attached hydrogens (tertiary/aromatic N) is 2. The van der Waals surface area contributed by atoms with Crippen LogP contribution in [-0.4, -0.2) is 77.2 Å². The molecule has 0 bridgehead atoms. The van der Waals surface area contributed by atoms with E-state index < -0.39 is 52.4 Å². The Morgan fingerprint density at radius 2 is 1.62 bits per heavy atom. The molecule has 1 heterocycles. The Kier molecular flexibility index (Phi) is 11.8. The van der Waals surface area contributed by atoms with Gasteiger partial charge in [0.25, 0.3) is 21.6 Å². The molecule has 1 amide bonds. The van der Waals surface area contributed by atoms with E-state index in [-0.39, 0.29) is 22.9 Å². The van der Waals surface area contributed by atoms with Crippen molar-refractivity contribution in [2.24, 2.45) is 0 Å². The van der Waals surface area contributed by atoms with Gasteiger partial charge in [-0.2, -0.15) is 8.42 Å². The third-order valence-electron chi connectivity index (χ3n) is 7.83. The number of rotatable bonds is 14. The second-order valence-electron chi connectivity index (χ2n) is 11.2. The lowest BCUT2D eigenvalue weighted by Gasteiger charge is -2.29. The standard InChI is InChI=1S/C33H32F2N4O8S3/c34-29-12-10-25(20-32(29)49(35,43)44)23-6-8-24(9-7-23)33(40)37-50(45,46)28-11-13-30(31(21-28)39(41)42)36-26(14-15-38-16-18-47-19-17-38)22-48-27-4-2-1-3-5-27/h1-13,20-21,26,36H,14-19,22H2,(H,37,40)/t26-/m1/s1. The van der Waals surface area contributed by atoms with E-state index in [0.29, 0.717) is 31.0 Å². The molecule has 1 aliphatic rings. The molecule has 12 nitrogen and oxygen atoms in total. The Labute approximate surface area is 292 Å². The largest absolute Gasteiger partial charge is 0.379 e. The van der Waals surface area contributed by atoms with Gasteiger partial charge in [-0.1, -0.05) is 36.4 Å². The van der Waals surface area contributed by atoms with E-state index in [9.17, 15) is 40.0 Å². The van der Waals surface area contributed by atoms with Crippen LogP contribution in [0.5, 0.6) is 0 Å². The summed E-state index contributed by atoms with van der Waals surface area (Å²) in [6.45, 7) is 3.56. The third-order valence-corrected chi connectivity index (χ3v) is 11.2. The molecular formula is C33H32F2N4O8S3. The molecule has 0 radical (unpaired) electrons. The molecule has 0 aromatic heterocycles. The summed E-state index contributed by atoms with van der Waals surface area (Å²) in [4.78, 5) is 26.0. The molecule has 0 aliphatic carbocycles. The number of nitro benzene ring substituents is 1. The minimum Gasteiger partial charge on any atom is -0.379 e. The van der Waals surface area contributed by atoms with Crippen molar-refractivity contribution < 1.29 is 39.6 Å². The van der Waals surface area contributed by atoms with Gasteiger partial charge in [0.05, 0.1) is 23.0 Å². The fraction of sp³-hybridized carbons (Fsp3) is 0.242. The first-order valence-electron chi connectivity index (χ1n) is 15.2. The van der Waals surface area contributed by atoms with Crippen molar-refractivity contribution in [3.05, 3.63) is 112 Å². The number of carbonyl (C=O) groups is 1. The highest BCUT2D eigenvalue weighted by molar-refractivity contribution is 7.99. The maximum atomic E-state index is 13.8. The van der Waals surface area contributed by atoms with Crippen LogP contribution in [0.15, 0.2) is 106 Å². The van der Waals surface area contributed by atoms with Crippen LogP contribution >= 0.6 is 11.8 Å². The minimum atomic E-state index is -5.33. The maximum absolute atomic E-state index is 13.8. The average Bonchev–Trinajstić information content (AvgIpc) is 3.10. The zero-order valence-corrected chi connectivity index (χ0v) is 28.8. The highest BCUT2D eigenvalue weighted by atomic mass is 32.3. The average molecular weight is 747 g/mol. The molecule has 17 heteroatoms. The van der Waals surface area contributed by atoms with Crippen LogP contribution in [0.1, 0.15) is 16.8 Å². The zero-order valence-electron chi connectivity index (χ0n) is 26.3. The molecule has 2 N–H and O–H groups in total. The molecule has 264 valence electrons. The maximum Gasteiger partial charge on any atom is 0.335 e. The molecule has 5 rings (SSSR count). The Bertz CT molecular complexity index is 2060. The fourth-order valence-electron chi connectivity index (χ4n) is 5.17. The van der Waals surface area contributed by atoms with E-state index in [1.165, 1.54) is 42.5 Å². The monoisotopic (exact) mass is 746 g/mol. The summed E-state index contributed by atoms with van der Waals surface area (Å²) in [7, 11) is -9.90. The van der Waals surface area contributed by atoms with Gasteiger partial charge in [-0.3, -0.25) is 19.8 Å². The number of carbonyl (C=O) groups excluding carboxylic acids is 1. The summed E-state index contributed by atoms with van der Waals surface area (Å²) in [6.07, 6.45) is 0.656. The second kappa shape index (κ2) is 16.1. The van der Waals surface area contributed by atoms with Gasteiger partial charge in [0.15, 0.2) is 0 Å². The van der Waals surface area contributed by atoms with Crippen molar-refractivity contribution in [2.45, 2.75) is 27.1 Å². The van der Waals surface area contributed by atoms with Crippen molar-refractivity contribution in [1.82, 2.24) is 9.62 Å². The first kappa shape index (κ1) is 36.9. The summed E-state index contributed by atoms with van der Waals surface area (Å²) in [5.41, 5.74) is -0.0611. The molecule has 0 saturated carbocycles. The number of hydrogen-bond donors (Lipinski definition) is 2. The van der Waals surface area contributed by atoms with E-state index in [2.05, 4.69) is 10.2 Å². The summed E-state index contributed by atoms with van der Waals surface area (Å²) in [5, 5.41) is 15.4.